The van der Waals surface area contributed by atoms with Gasteiger partial charge in [0.05, 0.1) is 26.5 Å². The maximum atomic E-state index is 15.7. The number of halogens is 4. The number of nitrogens with zero attached hydrogens (tertiary/aromatic N) is 3. The molecule has 1 saturated heterocycles. The molecule has 1 saturated carbocycles. The molecule has 2 aliphatic rings. The maximum absolute atomic E-state index is 15.7. The van der Waals surface area contributed by atoms with E-state index in [9.17, 15) is 12.8 Å². The molecule has 0 spiro atoms. The summed E-state index contributed by atoms with van der Waals surface area (Å²) in [5.74, 6) is -2.33. The number of benzene rings is 2. The summed E-state index contributed by atoms with van der Waals surface area (Å²) in [5, 5.41) is -0.486. The first kappa shape index (κ1) is 27.4. The summed E-state index contributed by atoms with van der Waals surface area (Å²) >= 11 is 6.34. The Hall–Kier alpha value is -3.18. The Morgan fingerprint density at radius 2 is 1.82 bits per heavy atom. The fourth-order valence-corrected chi connectivity index (χ4v) is 6.90. The Bertz CT molecular complexity index is 1500. The fraction of sp³-hybridized carbons (Fsp3) is 0.370. The van der Waals surface area contributed by atoms with Crippen molar-refractivity contribution in [1.82, 2.24) is 4.98 Å². The van der Waals surface area contributed by atoms with E-state index in [1.165, 1.54) is 38.5 Å². The van der Waals surface area contributed by atoms with Crippen molar-refractivity contribution in [2.24, 2.45) is 11.8 Å². The second-order valence-electron chi connectivity index (χ2n) is 9.67. The van der Waals surface area contributed by atoms with Gasteiger partial charge in [0.15, 0.2) is 10.7 Å². The van der Waals surface area contributed by atoms with E-state index < -0.39 is 44.1 Å². The predicted octanol–water partition coefficient (Wildman–Crippen LogP) is 5.80. The molecule has 0 bridgehead atoms. The maximum Gasteiger partial charge on any atom is 0.271 e. The molecule has 3 aromatic rings. The lowest BCUT2D eigenvalue weighted by molar-refractivity contribution is 0.391. The molecular formula is C27H27ClF3N3O4S. The molecule has 12 heteroatoms. The number of hydrogen-bond acceptors (Lipinski definition) is 6. The highest BCUT2D eigenvalue weighted by Gasteiger charge is 2.39. The summed E-state index contributed by atoms with van der Waals surface area (Å²) in [6.07, 6.45) is 3.18. The molecule has 1 aliphatic heterocycles. The highest BCUT2D eigenvalue weighted by atomic mass is 35.5. The second kappa shape index (κ2) is 10.8. The first-order valence-electron chi connectivity index (χ1n) is 12.4. The molecule has 0 unspecified atom stereocenters. The van der Waals surface area contributed by atoms with Gasteiger partial charge in [-0.05, 0) is 55.4 Å². The number of rotatable bonds is 9. The fourth-order valence-electron chi connectivity index (χ4n) is 5.06. The third kappa shape index (κ3) is 5.34. The number of aromatic nitrogens is 1. The Balaban J connectivity index is 1.57. The van der Waals surface area contributed by atoms with Crippen LogP contribution in [0.4, 0.5) is 24.7 Å². The van der Waals surface area contributed by atoms with E-state index in [1.807, 2.05) is 0 Å². The van der Waals surface area contributed by atoms with Gasteiger partial charge in [-0.2, -0.15) is 4.39 Å². The molecular weight excluding hydrogens is 555 g/mol. The number of anilines is 2. The largest absolute Gasteiger partial charge is 0.497 e. The van der Waals surface area contributed by atoms with Crippen LogP contribution in [0.15, 0.2) is 47.4 Å². The smallest absolute Gasteiger partial charge is 0.271 e. The molecule has 1 aliphatic carbocycles. The lowest BCUT2D eigenvalue weighted by Gasteiger charge is -2.26. The van der Waals surface area contributed by atoms with E-state index in [0.717, 1.165) is 31.4 Å². The Morgan fingerprint density at radius 3 is 2.49 bits per heavy atom. The Labute approximate surface area is 230 Å². The normalized spacial score (nSPS) is 17.4. The van der Waals surface area contributed by atoms with Gasteiger partial charge in [0.25, 0.3) is 10.0 Å². The zero-order chi connectivity index (χ0) is 27.9. The summed E-state index contributed by atoms with van der Waals surface area (Å²) in [5.41, 5.74) is 0.431. The Kier molecular flexibility index (Phi) is 7.56. The van der Waals surface area contributed by atoms with Gasteiger partial charge in [0.1, 0.15) is 28.2 Å². The number of hydrogen-bond donors (Lipinski definition) is 0. The lowest BCUT2D eigenvalue weighted by atomic mass is 10.0. The molecule has 1 aromatic heterocycles. The molecule has 2 heterocycles. The van der Waals surface area contributed by atoms with Gasteiger partial charge < -0.3 is 14.4 Å². The minimum absolute atomic E-state index is 0.112. The van der Waals surface area contributed by atoms with Gasteiger partial charge in [0.2, 0.25) is 5.95 Å². The van der Waals surface area contributed by atoms with Gasteiger partial charge in [-0.15, -0.1) is 0 Å². The third-order valence-corrected chi connectivity index (χ3v) is 9.41. The summed E-state index contributed by atoms with van der Waals surface area (Å²) in [7, 11) is -2.15. The zero-order valence-corrected chi connectivity index (χ0v) is 22.9. The van der Waals surface area contributed by atoms with Crippen LogP contribution in [0.25, 0.3) is 0 Å². The minimum Gasteiger partial charge on any atom is -0.497 e. The molecule has 208 valence electrons. The van der Waals surface area contributed by atoms with Gasteiger partial charge in [-0.25, -0.2) is 26.5 Å². The van der Waals surface area contributed by atoms with Crippen molar-refractivity contribution in [1.29, 1.82) is 0 Å². The molecule has 39 heavy (non-hydrogen) atoms. The molecule has 1 atom stereocenters. The van der Waals surface area contributed by atoms with E-state index in [4.69, 9.17) is 21.1 Å². The molecule has 2 fully saturated rings. The summed E-state index contributed by atoms with van der Waals surface area (Å²) in [6.45, 7) is 0.702. The Morgan fingerprint density at radius 1 is 1.05 bits per heavy atom. The average molecular weight is 582 g/mol. The van der Waals surface area contributed by atoms with E-state index in [2.05, 4.69) is 4.98 Å². The van der Waals surface area contributed by atoms with Crippen LogP contribution in [0.5, 0.6) is 11.5 Å². The van der Waals surface area contributed by atoms with Crippen LogP contribution in [0.2, 0.25) is 5.02 Å². The van der Waals surface area contributed by atoms with Crippen LogP contribution >= 0.6 is 11.6 Å². The molecule has 7 nitrogen and oxygen atoms in total. The van der Waals surface area contributed by atoms with Crippen molar-refractivity contribution in [2.45, 2.75) is 30.7 Å². The topological polar surface area (TPSA) is 72.0 Å². The predicted molar refractivity (Wildman–Crippen MR) is 142 cm³/mol. The van der Waals surface area contributed by atoms with Gasteiger partial charge >= 0.3 is 0 Å². The summed E-state index contributed by atoms with van der Waals surface area (Å²) in [4.78, 5) is 4.22. The van der Waals surface area contributed by atoms with Crippen molar-refractivity contribution in [3.63, 3.8) is 0 Å². The standard InChI is InChI=1S/C27H27ClF3N3O4S/c1-37-19-9-8-18(22(12-19)38-2)15-34(24-5-3-4-23(30)32-24)39(35,36)27-20(29)13-21(25(28)26(27)31)33-11-10-17(14-33)16-6-7-16/h3-5,8-9,12-13,16-17H,6-7,10-11,14-15H2,1-2H3/t17-/m1/s1. The monoisotopic (exact) mass is 581 g/mol. The third-order valence-electron chi connectivity index (χ3n) is 7.26. The second-order valence-corrected chi connectivity index (χ2v) is 11.9. The SMILES string of the molecule is COc1ccc(CN(c2cccc(F)n2)S(=O)(=O)c2c(F)cc(N3CC[C@@H](C4CC4)C3)c(Cl)c2F)c(OC)c1. The molecule has 0 N–H and O–H groups in total. The molecule has 0 amide bonds. The zero-order valence-electron chi connectivity index (χ0n) is 21.3. The highest BCUT2D eigenvalue weighted by molar-refractivity contribution is 7.92. The van der Waals surface area contributed by atoms with Crippen LogP contribution in [-0.2, 0) is 16.6 Å². The van der Waals surface area contributed by atoms with Gasteiger partial charge in [0, 0.05) is 30.8 Å². The number of pyridine rings is 1. The van der Waals surface area contributed by atoms with Gasteiger partial charge in [-0.3, -0.25) is 0 Å². The summed E-state index contributed by atoms with van der Waals surface area (Å²) < 4.78 is 84.4. The molecule has 5 rings (SSSR count). The lowest BCUT2D eigenvalue weighted by Crippen LogP contribution is -2.33. The quantitative estimate of drug-likeness (QED) is 0.235. The summed E-state index contributed by atoms with van der Waals surface area (Å²) in [6, 6.07) is 9.09. The first-order valence-corrected chi connectivity index (χ1v) is 14.2. The number of ether oxygens (including phenoxy) is 2. The van der Waals surface area contributed by atoms with Crippen molar-refractivity contribution < 1.29 is 31.1 Å². The van der Waals surface area contributed by atoms with Crippen molar-refractivity contribution in [2.75, 3.05) is 36.5 Å². The minimum atomic E-state index is -4.98. The van der Waals surface area contributed by atoms with Gasteiger partial charge in [-0.1, -0.05) is 17.7 Å². The van der Waals surface area contributed by atoms with E-state index in [-0.39, 0.29) is 17.3 Å². The van der Waals surface area contributed by atoms with E-state index >= 15 is 8.78 Å². The molecule has 0 radical (unpaired) electrons. The first-order chi connectivity index (χ1) is 18.6. The van der Waals surface area contributed by atoms with Crippen LogP contribution < -0.4 is 18.7 Å². The number of sulfonamides is 1. The van der Waals surface area contributed by atoms with Crippen LogP contribution in [0.3, 0.4) is 0 Å². The van der Waals surface area contributed by atoms with E-state index in [1.54, 1.807) is 11.0 Å². The van der Waals surface area contributed by atoms with Crippen LogP contribution in [0.1, 0.15) is 24.8 Å². The van der Waals surface area contributed by atoms with Crippen molar-refractivity contribution in [3.05, 3.63) is 70.6 Å². The average Bonchev–Trinajstić information content (AvgIpc) is 3.65. The van der Waals surface area contributed by atoms with Crippen LogP contribution in [-0.4, -0.2) is 40.7 Å². The van der Waals surface area contributed by atoms with Crippen molar-refractivity contribution >= 4 is 33.1 Å². The molecule has 2 aromatic carbocycles. The van der Waals surface area contributed by atoms with E-state index in [0.29, 0.717) is 40.5 Å². The van der Waals surface area contributed by atoms with Crippen LogP contribution in [0, 0.1) is 29.4 Å². The number of methoxy groups -OCH3 is 2. The van der Waals surface area contributed by atoms with Crippen molar-refractivity contribution in [3.8, 4) is 11.5 Å². The highest BCUT2D eigenvalue weighted by Crippen LogP contribution is 2.44.